The third-order valence-corrected chi connectivity index (χ3v) is 2.60. The Morgan fingerprint density at radius 1 is 1.00 bits per heavy atom. The molecule has 0 bridgehead atoms. The van der Waals surface area contributed by atoms with E-state index >= 15 is 0 Å². The van der Waals surface area contributed by atoms with Gasteiger partial charge in [0.15, 0.2) is 0 Å². The molecule has 0 aliphatic rings. The van der Waals surface area contributed by atoms with Crippen molar-refractivity contribution < 1.29 is 0 Å². The molecule has 0 nitrogen and oxygen atoms in total. The van der Waals surface area contributed by atoms with E-state index in [1.165, 1.54) is 5.56 Å². The van der Waals surface area contributed by atoms with Crippen LogP contribution in [0.2, 0.25) is 19.6 Å². The van der Waals surface area contributed by atoms with E-state index in [9.17, 15) is 0 Å². The second kappa shape index (κ2) is 4.92. The molecule has 0 fully saturated rings. The molecule has 0 N–H and O–H groups in total. The average molecular weight is 171 g/mol. The second-order valence-electron chi connectivity index (χ2n) is 3.92. The summed E-state index contributed by atoms with van der Waals surface area (Å²) >= 11 is 0. The van der Waals surface area contributed by atoms with Gasteiger partial charge in [-0.15, -0.1) is 0 Å². The van der Waals surface area contributed by atoms with Crippen LogP contribution >= 0.6 is 0 Å². The van der Waals surface area contributed by atoms with Crippen LogP contribution < -0.4 is 0 Å². The molecule has 0 aliphatic carbocycles. The van der Waals surface area contributed by atoms with Gasteiger partial charge in [-0.05, 0) is 11.6 Å². The topological polar surface area (TPSA) is 0 Å². The van der Waals surface area contributed by atoms with E-state index in [1.54, 1.807) is 0 Å². The van der Waals surface area contributed by atoms with Crippen LogP contribution in [0.3, 0.4) is 0 Å². The fraction of sp³-hybridized carbons (Fsp3) is 0.300. The van der Waals surface area contributed by atoms with E-state index in [4.69, 9.17) is 0 Å². The molecule has 0 aromatic heterocycles. The molecule has 0 saturated heterocycles. The third-order valence-electron chi connectivity index (χ3n) is 1.40. The van der Waals surface area contributed by atoms with E-state index in [-0.39, 0.29) is 18.9 Å². The third kappa shape index (κ3) is 4.82. The van der Waals surface area contributed by atoms with Crippen LogP contribution in [0, 0.1) is 6.04 Å². The summed E-state index contributed by atoms with van der Waals surface area (Å²) in [7, 11) is -1.02. The number of hydrogen-bond acceptors (Lipinski definition) is 0. The Labute approximate surface area is 88.6 Å². The van der Waals surface area contributed by atoms with Gasteiger partial charge in [0.05, 0.1) is 8.07 Å². The zero-order chi connectivity index (χ0) is 8.32. The van der Waals surface area contributed by atoms with Crippen molar-refractivity contribution in [2.24, 2.45) is 0 Å². The Morgan fingerprint density at radius 3 is 1.92 bits per heavy atom. The van der Waals surface area contributed by atoms with E-state index in [2.05, 4.69) is 56.0 Å². The van der Waals surface area contributed by atoms with Crippen LogP contribution in [0.25, 0.3) is 0 Å². The molecular formula is C10H16LiSi. The first-order valence-electron chi connectivity index (χ1n) is 3.99. The fourth-order valence-corrected chi connectivity index (χ4v) is 2.24. The Morgan fingerprint density at radius 2 is 1.50 bits per heavy atom. The molecule has 0 unspecified atom stereocenters. The quantitative estimate of drug-likeness (QED) is 0.600. The molecule has 0 heterocycles. The van der Waals surface area contributed by atoms with Crippen LogP contribution in [-0.2, 0) is 0 Å². The summed E-state index contributed by atoms with van der Waals surface area (Å²) in [5.41, 5.74) is 1.37. The zero-order valence-electron chi connectivity index (χ0n) is 7.46. The van der Waals surface area contributed by atoms with Gasteiger partial charge in [-0.25, -0.2) is 0 Å². The summed E-state index contributed by atoms with van der Waals surface area (Å²) in [4.78, 5) is 0. The van der Waals surface area contributed by atoms with Gasteiger partial charge in [-0.3, -0.25) is 0 Å². The van der Waals surface area contributed by atoms with Gasteiger partial charge in [0, 0.05) is 0 Å². The molecule has 0 amide bonds. The molecule has 1 aromatic rings. The van der Waals surface area contributed by atoms with Crippen LogP contribution in [0.1, 0.15) is 5.56 Å². The summed E-state index contributed by atoms with van der Waals surface area (Å²) in [5, 5.41) is 0. The van der Waals surface area contributed by atoms with Gasteiger partial charge >= 0.3 is 18.9 Å². The van der Waals surface area contributed by atoms with Crippen LogP contribution in [0.15, 0.2) is 30.3 Å². The zero-order valence-corrected chi connectivity index (χ0v) is 8.46. The molecule has 1 radical (unpaired) electrons. The van der Waals surface area contributed by atoms with Crippen LogP contribution in [0.5, 0.6) is 0 Å². The molecule has 1 rings (SSSR count). The van der Waals surface area contributed by atoms with Crippen molar-refractivity contribution in [3.8, 4) is 0 Å². The maximum atomic E-state index is 2.41. The fourth-order valence-electron chi connectivity index (χ4n) is 1.05. The summed E-state index contributed by atoms with van der Waals surface area (Å²) in [6.45, 7) is 7.04. The molecular weight excluding hydrogens is 155 g/mol. The number of rotatable bonds is 2. The monoisotopic (exact) mass is 171 g/mol. The van der Waals surface area contributed by atoms with Crippen molar-refractivity contribution in [1.82, 2.24) is 0 Å². The summed E-state index contributed by atoms with van der Waals surface area (Å²) in [5.74, 6) is 0. The Hall–Kier alpha value is 0.0343. The Bertz CT molecular complexity index is 213. The van der Waals surface area contributed by atoms with Crippen molar-refractivity contribution in [3.63, 3.8) is 0 Å². The van der Waals surface area contributed by atoms with Crippen LogP contribution in [-0.4, -0.2) is 26.9 Å². The van der Waals surface area contributed by atoms with Gasteiger partial charge in [0.2, 0.25) is 0 Å². The summed E-state index contributed by atoms with van der Waals surface area (Å²) in [6.07, 6.45) is 0. The van der Waals surface area contributed by atoms with Crippen molar-refractivity contribution in [1.29, 1.82) is 0 Å². The predicted molar refractivity (Wildman–Crippen MR) is 60.3 cm³/mol. The first-order chi connectivity index (χ1) is 5.08. The van der Waals surface area contributed by atoms with Gasteiger partial charge in [0.1, 0.15) is 0 Å². The first kappa shape index (κ1) is 12.0. The minimum absolute atomic E-state index is 0. The molecule has 2 heteroatoms. The van der Waals surface area contributed by atoms with E-state index in [0.717, 1.165) is 0 Å². The molecule has 1 aromatic carbocycles. The Balaban J connectivity index is 0.00000121. The van der Waals surface area contributed by atoms with Crippen LogP contribution in [0.4, 0.5) is 0 Å². The van der Waals surface area contributed by atoms with Gasteiger partial charge in [0.25, 0.3) is 0 Å². The van der Waals surface area contributed by atoms with Crippen molar-refractivity contribution in [2.75, 3.05) is 0 Å². The molecule has 0 spiro atoms. The summed E-state index contributed by atoms with van der Waals surface area (Å²) in [6, 6.07) is 13.0. The minimum atomic E-state index is -1.02. The summed E-state index contributed by atoms with van der Waals surface area (Å²) < 4.78 is 0. The average Bonchev–Trinajstić information content (AvgIpc) is 1.85. The molecule has 12 heavy (non-hydrogen) atoms. The molecule has 61 valence electrons. The maximum absolute atomic E-state index is 2.41. The first-order valence-corrected chi connectivity index (χ1v) is 7.57. The van der Waals surface area contributed by atoms with E-state index in [1.807, 2.05) is 0 Å². The molecule has 0 atom stereocenters. The van der Waals surface area contributed by atoms with E-state index in [0.29, 0.717) is 0 Å². The van der Waals surface area contributed by atoms with Crippen molar-refractivity contribution >= 4 is 26.9 Å². The molecule has 0 saturated carbocycles. The standard InChI is InChI=1S/C10H15Si.Li.H/c1-11(2,3)9-10-7-5-4-6-8-10;;/h4-9H,1-3H3;;. The predicted octanol–water partition coefficient (Wildman–Crippen LogP) is 2.47. The van der Waals surface area contributed by atoms with E-state index < -0.39 is 8.07 Å². The van der Waals surface area contributed by atoms with Gasteiger partial charge in [-0.1, -0.05) is 50.0 Å². The number of benzene rings is 1. The van der Waals surface area contributed by atoms with Gasteiger partial charge < -0.3 is 0 Å². The number of hydrogen-bond donors (Lipinski definition) is 0. The second-order valence-corrected chi connectivity index (χ2v) is 8.94. The Kier molecular flexibility index (Phi) is 4.93. The van der Waals surface area contributed by atoms with Crippen molar-refractivity contribution in [3.05, 3.63) is 41.9 Å². The van der Waals surface area contributed by atoms with Gasteiger partial charge in [-0.2, -0.15) is 0 Å². The molecule has 0 aliphatic heterocycles. The SMILES string of the molecule is C[Si](C)(C)[CH]c1ccccc1.[LiH]. The normalized spacial score (nSPS) is 10.6. The van der Waals surface area contributed by atoms with Crippen molar-refractivity contribution in [2.45, 2.75) is 19.6 Å².